The van der Waals surface area contributed by atoms with E-state index in [1.54, 1.807) is 72.8 Å². The molecule has 12 heteroatoms. The van der Waals surface area contributed by atoms with Gasteiger partial charge in [-0.15, -0.1) is 0 Å². The van der Waals surface area contributed by atoms with Gasteiger partial charge in [-0.25, -0.2) is 14.7 Å². The molecule has 6 amide bonds. The Hall–Kier alpha value is -12.0. The first kappa shape index (κ1) is 54.3. The monoisotopic (exact) mass is 1130 g/mol. The van der Waals surface area contributed by atoms with E-state index in [0.717, 1.165) is 37.6 Å². The summed E-state index contributed by atoms with van der Waals surface area (Å²) in [6.07, 6.45) is 0. The first-order chi connectivity index (χ1) is 42.1. The van der Waals surface area contributed by atoms with Gasteiger partial charge in [0, 0.05) is 38.8 Å². The molecule has 3 aliphatic rings. The summed E-state index contributed by atoms with van der Waals surface area (Å²) in [4.78, 5) is 102. The predicted molar refractivity (Wildman–Crippen MR) is 330 cm³/mol. The minimum atomic E-state index is -0.709. The summed E-state index contributed by atoms with van der Waals surface area (Å²) in [6, 6.07) is 66.2. The number of hydrogen-bond acceptors (Lipinski definition) is 9. The smallest absolute Gasteiger partial charge is 0.266 e. The SMILES string of the molecule is Cc1ccc(N2C(=O)c3ccc(Oc4ccc(C(C)(C)c5ccc(Oc6ccc7c(c6)C(=O)N(c6cc(C(=O)c8ccc(C#Cc9ccccc9)cc8)cc(N8C(=O)c9ccc(C#Cc%10ccccc%10)cc9C8=O)c6)C7=O)cc5)cc4)cc3C2=O)cc1. The third-order valence-corrected chi connectivity index (χ3v) is 15.6. The number of carbonyl (C=O) groups is 7. The van der Waals surface area contributed by atoms with Crippen molar-refractivity contribution in [2.75, 3.05) is 14.7 Å². The van der Waals surface area contributed by atoms with Gasteiger partial charge in [-0.05, 0) is 176 Å². The highest BCUT2D eigenvalue weighted by molar-refractivity contribution is 6.37. The number of ketones is 1. The summed E-state index contributed by atoms with van der Waals surface area (Å²) in [5.41, 5.74) is 6.90. The number of rotatable bonds is 11. The molecule has 0 radical (unpaired) electrons. The lowest BCUT2D eigenvalue weighted by Crippen LogP contribution is -2.32. The van der Waals surface area contributed by atoms with Crippen LogP contribution in [0.25, 0.3) is 0 Å². The fourth-order valence-electron chi connectivity index (χ4n) is 10.8. The van der Waals surface area contributed by atoms with Crippen molar-refractivity contribution in [3.8, 4) is 46.7 Å². The highest BCUT2D eigenvalue weighted by Crippen LogP contribution is 2.40. The fraction of sp³-hybridized carbons (Fsp3) is 0.0533. The summed E-state index contributed by atoms with van der Waals surface area (Å²) in [5, 5.41) is 0. The molecule has 3 aliphatic heterocycles. The van der Waals surface area contributed by atoms with E-state index >= 15 is 0 Å². The maximum Gasteiger partial charge on any atom is 0.266 e. The van der Waals surface area contributed by atoms with Crippen LogP contribution in [0.1, 0.15) is 131 Å². The van der Waals surface area contributed by atoms with Crippen LogP contribution in [0.2, 0.25) is 0 Å². The van der Waals surface area contributed by atoms with Gasteiger partial charge in [0.1, 0.15) is 23.0 Å². The molecule has 0 saturated carbocycles. The molecule has 0 N–H and O–H groups in total. The van der Waals surface area contributed by atoms with Crippen molar-refractivity contribution in [3.05, 3.63) is 314 Å². The molecule has 0 fully saturated rings. The molecule has 10 aromatic carbocycles. The van der Waals surface area contributed by atoms with Crippen LogP contribution in [0.4, 0.5) is 17.1 Å². The fourth-order valence-corrected chi connectivity index (χ4v) is 10.8. The molecule has 13 rings (SSSR count). The van der Waals surface area contributed by atoms with Gasteiger partial charge in [0.05, 0.1) is 50.4 Å². The number of fused-ring (bicyclic) bond motifs is 3. The number of nitrogens with zero attached hydrogens (tertiary/aromatic N) is 3. The van der Waals surface area contributed by atoms with Gasteiger partial charge < -0.3 is 9.47 Å². The van der Waals surface area contributed by atoms with Crippen LogP contribution in [0.5, 0.6) is 23.0 Å². The van der Waals surface area contributed by atoms with Crippen molar-refractivity contribution in [1.29, 1.82) is 0 Å². The molecular weight excluding hydrogens is 1090 g/mol. The van der Waals surface area contributed by atoms with E-state index in [4.69, 9.17) is 9.47 Å². The van der Waals surface area contributed by atoms with Gasteiger partial charge in [-0.3, -0.25) is 33.6 Å². The molecule has 0 atom stereocenters. The second kappa shape index (κ2) is 22.0. The standard InChI is InChI=1S/C75H47N3O9/c1-46-14-29-55(30-15-46)76-69(80)63-38-35-60(44-66(63)73(76)84)86-58-31-25-53(26-32-58)75(2,3)54-27-33-59(34-28-54)87-61-36-39-64-67(45-61)74(85)78(71(64)82)57-42-52(68(79)51-23-20-49(21-24-51)17-16-47-10-6-4-7-11-47)41-56(43-57)77-70(81)62-37-22-50(40-65(62)72(77)83)19-18-48-12-8-5-9-13-48/h4-15,20-45H,1-3H3. The second-order valence-corrected chi connectivity index (χ2v) is 21.6. The first-order valence-electron chi connectivity index (χ1n) is 27.8. The van der Waals surface area contributed by atoms with Gasteiger partial charge in [0.2, 0.25) is 0 Å². The van der Waals surface area contributed by atoms with Gasteiger partial charge in [0.15, 0.2) is 5.78 Å². The van der Waals surface area contributed by atoms with Gasteiger partial charge in [-0.1, -0.05) is 116 Å². The van der Waals surface area contributed by atoms with Crippen LogP contribution in [0, 0.1) is 30.6 Å². The Bertz CT molecular complexity index is 4680. The summed E-state index contributed by atoms with van der Waals surface area (Å²) < 4.78 is 12.5. The molecule has 3 heterocycles. The molecule has 87 heavy (non-hydrogen) atoms. The zero-order valence-corrected chi connectivity index (χ0v) is 47.0. The van der Waals surface area contributed by atoms with Crippen LogP contribution >= 0.6 is 0 Å². The van der Waals surface area contributed by atoms with Crippen molar-refractivity contribution in [3.63, 3.8) is 0 Å². The van der Waals surface area contributed by atoms with E-state index in [-0.39, 0.29) is 62.0 Å². The van der Waals surface area contributed by atoms with Crippen molar-refractivity contribution in [2.45, 2.75) is 26.2 Å². The molecule has 10 aromatic rings. The molecule has 12 nitrogen and oxygen atoms in total. The Labute approximate surface area is 500 Å². The number of imide groups is 3. The summed E-state index contributed by atoms with van der Waals surface area (Å²) in [6.45, 7) is 6.11. The Balaban J connectivity index is 0.730. The molecule has 0 unspecified atom stereocenters. The zero-order valence-electron chi connectivity index (χ0n) is 47.0. The lowest BCUT2D eigenvalue weighted by molar-refractivity contribution is 0.0909. The van der Waals surface area contributed by atoms with Gasteiger partial charge in [-0.2, -0.15) is 0 Å². The number of aryl methyl sites for hydroxylation is 1. The Morgan fingerprint density at radius 1 is 0.333 bits per heavy atom. The van der Waals surface area contributed by atoms with Crippen molar-refractivity contribution in [1.82, 2.24) is 0 Å². The molecular formula is C75H47N3O9. The Morgan fingerprint density at radius 2 is 0.701 bits per heavy atom. The summed E-state index contributed by atoms with van der Waals surface area (Å²) in [5.74, 6) is 10.0. The van der Waals surface area contributed by atoms with E-state index in [2.05, 4.69) is 37.5 Å². The first-order valence-corrected chi connectivity index (χ1v) is 27.8. The highest BCUT2D eigenvalue weighted by atomic mass is 16.5. The Morgan fingerprint density at radius 3 is 1.16 bits per heavy atom. The average Bonchev–Trinajstić information content (AvgIpc) is 1.87. The quantitative estimate of drug-likeness (QED) is 0.0701. The average molecular weight is 1130 g/mol. The minimum Gasteiger partial charge on any atom is -0.457 e. The maximum atomic E-state index is 14.6. The van der Waals surface area contributed by atoms with Crippen molar-refractivity contribution in [2.24, 2.45) is 0 Å². The molecule has 416 valence electrons. The highest BCUT2D eigenvalue weighted by Gasteiger charge is 2.41. The third-order valence-electron chi connectivity index (χ3n) is 15.6. The van der Waals surface area contributed by atoms with Crippen LogP contribution in [-0.4, -0.2) is 41.2 Å². The largest absolute Gasteiger partial charge is 0.457 e. The lowest BCUT2D eigenvalue weighted by Gasteiger charge is -2.26. The van der Waals surface area contributed by atoms with E-state index in [1.807, 2.05) is 128 Å². The minimum absolute atomic E-state index is 0.00647. The molecule has 0 saturated heterocycles. The van der Waals surface area contributed by atoms with E-state index in [9.17, 15) is 33.6 Å². The number of hydrogen-bond donors (Lipinski definition) is 0. The van der Waals surface area contributed by atoms with E-state index in [1.165, 1.54) is 41.3 Å². The van der Waals surface area contributed by atoms with Crippen molar-refractivity contribution >= 4 is 58.3 Å². The van der Waals surface area contributed by atoms with Crippen LogP contribution in [-0.2, 0) is 5.41 Å². The third kappa shape index (κ3) is 10.3. The number of carbonyl (C=O) groups excluding carboxylic acids is 7. The van der Waals surface area contributed by atoms with Gasteiger partial charge >= 0.3 is 0 Å². The van der Waals surface area contributed by atoms with Crippen LogP contribution in [0.3, 0.4) is 0 Å². The summed E-state index contributed by atoms with van der Waals surface area (Å²) in [7, 11) is 0. The normalized spacial score (nSPS) is 13.2. The zero-order chi connectivity index (χ0) is 60.1. The van der Waals surface area contributed by atoms with Crippen LogP contribution in [0.15, 0.2) is 231 Å². The molecule has 0 bridgehead atoms. The number of ether oxygens (including phenoxy) is 2. The molecule has 0 aromatic heterocycles. The summed E-state index contributed by atoms with van der Waals surface area (Å²) >= 11 is 0. The number of anilines is 3. The van der Waals surface area contributed by atoms with Gasteiger partial charge in [0.25, 0.3) is 35.4 Å². The lowest BCUT2D eigenvalue weighted by atomic mass is 9.78. The molecule has 0 aliphatic carbocycles. The van der Waals surface area contributed by atoms with E-state index < -0.39 is 40.7 Å². The predicted octanol–water partition coefficient (Wildman–Crippen LogP) is 14.3. The molecule has 0 spiro atoms. The Kier molecular flexibility index (Phi) is 13.7. The van der Waals surface area contributed by atoms with E-state index in [0.29, 0.717) is 39.6 Å². The second-order valence-electron chi connectivity index (χ2n) is 21.6. The van der Waals surface area contributed by atoms with Crippen molar-refractivity contribution < 1.29 is 43.0 Å². The topological polar surface area (TPSA) is 148 Å². The number of amides is 6. The maximum absolute atomic E-state index is 14.6. The van der Waals surface area contributed by atoms with Crippen LogP contribution < -0.4 is 24.2 Å². The number of benzene rings is 10.